The minimum absolute atomic E-state index is 0.0184. The lowest BCUT2D eigenvalue weighted by Gasteiger charge is -2.04. The summed E-state index contributed by atoms with van der Waals surface area (Å²) in [5.41, 5.74) is 0.813. The van der Waals surface area contributed by atoms with Gasteiger partial charge in [-0.25, -0.2) is 9.79 Å². The highest BCUT2D eigenvalue weighted by atomic mass is 79.9. The van der Waals surface area contributed by atoms with Gasteiger partial charge in [-0.15, -0.1) is 0 Å². The Balaban J connectivity index is 2.00. The molecule has 1 aliphatic rings. The Bertz CT molecular complexity index is 987. The standard InChI is InChI=1S/C17H10BrClN2O5/c1-25-15-5-2-10(18)6-9(15)7-14-17(22)26-16(20-14)12-4-3-11(21(23)24)8-13(12)19/h2-8H,1H3. The molecule has 0 saturated carbocycles. The fourth-order valence-electron chi connectivity index (χ4n) is 2.28. The minimum Gasteiger partial charge on any atom is -0.496 e. The van der Waals surface area contributed by atoms with E-state index in [0.717, 1.165) is 4.47 Å². The molecule has 7 nitrogen and oxygen atoms in total. The van der Waals surface area contributed by atoms with Crippen LogP contribution in [-0.4, -0.2) is 23.9 Å². The summed E-state index contributed by atoms with van der Waals surface area (Å²) < 4.78 is 11.2. The van der Waals surface area contributed by atoms with E-state index >= 15 is 0 Å². The number of hydrogen-bond acceptors (Lipinski definition) is 6. The molecule has 0 atom stereocenters. The predicted molar refractivity (Wildman–Crippen MR) is 99.4 cm³/mol. The molecule has 132 valence electrons. The summed E-state index contributed by atoms with van der Waals surface area (Å²) in [6.45, 7) is 0. The maximum atomic E-state index is 12.1. The second-order valence-electron chi connectivity index (χ2n) is 5.14. The summed E-state index contributed by atoms with van der Waals surface area (Å²) in [4.78, 5) is 26.5. The van der Waals surface area contributed by atoms with Crippen LogP contribution in [0, 0.1) is 10.1 Å². The minimum atomic E-state index is -0.656. The first-order valence-corrected chi connectivity index (χ1v) is 8.36. The summed E-state index contributed by atoms with van der Waals surface area (Å²) in [5, 5.41) is 10.8. The lowest BCUT2D eigenvalue weighted by Crippen LogP contribution is -2.06. The maximum Gasteiger partial charge on any atom is 0.363 e. The maximum absolute atomic E-state index is 12.1. The molecule has 2 aromatic rings. The number of benzene rings is 2. The van der Waals surface area contributed by atoms with Crippen molar-refractivity contribution in [1.82, 2.24) is 0 Å². The molecule has 2 aromatic carbocycles. The van der Waals surface area contributed by atoms with E-state index in [1.54, 1.807) is 18.2 Å². The molecule has 0 bridgehead atoms. The van der Waals surface area contributed by atoms with Gasteiger partial charge in [0.05, 0.1) is 22.6 Å². The smallest absolute Gasteiger partial charge is 0.363 e. The number of aliphatic imine (C=N–C) groups is 1. The zero-order chi connectivity index (χ0) is 18.8. The molecule has 3 rings (SSSR count). The Hall–Kier alpha value is -2.71. The molecule has 0 radical (unpaired) electrons. The van der Waals surface area contributed by atoms with E-state index in [1.165, 1.54) is 31.4 Å². The molecule has 0 N–H and O–H groups in total. The van der Waals surface area contributed by atoms with Crippen LogP contribution in [0.5, 0.6) is 5.75 Å². The number of ether oxygens (including phenoxy) is 2. The topological polar surface area (TPSA) is 91.0 Å². The largest absolute Gasteiger partial charge is 0.496 e. The summed E-state index contributed by atoms with van der Waals surface area (Å²) >= 11 is 9.41. The van der Waals surface area contributed by atoms with Gasteiger partial charge in [0.1, 0.15) is 5.75 Å². The van der Waals surface area contributed by atoms with Gasteiger partial charge in [-0.2, -0.15) is 0 Å². The SMILES string of the molecule is COc1ccc(Br)cc1C=C1N=C(c2ccc([N+](=O)[O-])cc2Cl)OC1=O. The average molecular weight is 438 g/mol. The van der Waals surface area contributed by atoms with E-state index in [9.17, 15) is 14.9 Å². The molecule has 1 heterocycles. The first kappa shape index (κ1) is 18.1. The van der Waals surface area contributed by atoms with Crippen LogP contribution in [0.3, 0.4) is 0 Å². The molecular weight excluding hydrogens is 428 g/mol. The van der Waals surface area contributed by atoms with E-state index in [4.69, 9.17) is 21.1 Å². The third-order valence-electron chi connectivity index (χ3n) is 3.50. The summed E-state index contributed by atoms with van der Waals surface area (Å²) in [6, 6.07) is 9.14. The van der Waals surface area contributed by atoms with Crippen molar-refractivity contribution < 1.29 is 19.2 Å². The average Bonchev–Trinajstić information content (AvgIpc) is 2.95. The predicted octanol–water partition coefficient (Wildman–Crippen LogP) is 4.36. The van der Waals surface area contributed by atoms with Crippen LogP contribution in [-0.2, 0) is 9.53 Å². The quantitative estimate of drug-likeness (QED) is 0.307. The number of cyclic esters (lactones) is 1. The molecule has 0 aromatic heterocycles. The van der Waals surface area contributed by atoms with E-state index in [0.29, 0.717) is 11.3 Å². The van der Waals surface area contributed by atoms with Gasteiger partial charge in [-0.05, 0) is 30.3 Å². The summed E-state index contributed by atoms with van der Waals surface area (Å²) in [5.74, 6) is -0.114. The van der Waals surface area contributed by atoms with Crippen LogP contribution >= 0.6 is 27.5 Å². The van der Waals surface area contributed by atoms with Crippen molar-refractivity contribution in [3.8, 4) is 5.75 Å². The normalized spacial score (nSPS) is 15.0. The third kappa shape index (κ3) is 3.61. The molecule has 0 aliphatic carbocycles. The van der Waals surface area contributed by atoms with Gasteiger partial charge in [0.25, 0.3) is 5.69 Å². The van der Waals surface area contributed by atoms with Crippen molar-refractivity contribution in [2.45, 2.75) is 0 Å². The highest BCUT2D eigenvalue weighted by Gasteiger charge is 2.26. The molecule has 0 fully saturated rings. The number of non-ortho nitro benzene ring substituents is 1. The first-order valence-electron chi connectivity index (χ1n) is 7.19. The third-order valence-corrected chi connectivity index (χ3v) is 4.30. The van der Waals surface area contributed by atoms with E-state index in [-0.39, 0.29) is 27.9 Å². The molecule has 1 aliphatic heterocycles. The second kappa shape index (κ2) is 7.27. The van der Waals surface area contributed by atoms with Crippen LogP contribution in [0.2, 0.25) is 5.02 Å². The number of carbonyl (C=O) groups is 1. The Morgan fingerprint density at radius 1 is 1.31 bits per heavy atom. The molecule has 0 spiro atoms. The number of nitro benzene ring substituents is 1. The van der Waals surface area contributed by atoms with E-state index in [1.807, 2.05) is 0 Å². The number of nitro groups is 1. The number of methoxy groups -OCH3 is 1. The van der Waals surface area contributed by atoms with Crippen molar-refractivity contribution in [2.24, 2.45) is 4.99 Å². The molecule has 9 heteroatoms. The number of rotatable bonds is 4. The van der Waals surface area contributed by atoms with Gasteiger partial charge in [0.15, 0.2) is 5.70 Å². The number of esters is 1. The van der Waals surface area contributed by atoms with Gasteiger partial charge in [-0.3, -0.25) is 10.1 Å². The molecule has 0 amide bonds. The van der Waals surface area contributed by atoms with Gasteiger partial charge in [-0.1, -0.05) is 27.5 Å². The van der Waals surface area contributed by atoms with Crippen molar-refractivity contribution in [3.05, 3.63) is 72.8 Å². The van der Waals surface area contributed by atoms with Gasteiger partial charge in [0, 0.05) is 22.2 Å². The highest BCUT2D eigenvalue weighted by Crippen LogP contribution is 2.29. The van der Waals surface area contributed by atoms with E-state index in [2.05, 4.69) is 20.9 Å². The van der Waals surface area contributed by atoms with Crippen molar-refractivity contribution in [3.63, 3.8) is 0 Å². The fraction of sp³-hybridized carbons (Fsp3) is 0.0588. The van der Waals surface area contributed by atoms with Crippen LogP contribution in [0.4, 0.5) is 5.69 Å². The summed E-state index contributed by atoms with van der Waals surface area (Å²) in [6.07, 6.45) is 1.53. The van der Waals surface area contributed by atoms with Crippen LogP contribution < -0.4 is 4.74 Å². The van der Waals surface area contributed by atoms with Gasteiger partial charge < -0.3 is 9.47 Å². The number of hydrogen-bond donors (Lipinski definition) is 0. The van der Waals surface area contributed by atoms with Crippen LogP contribution in [0.15, 0.2) is 51.6 Å². The fourth-order valence-corrected chi connectivity index (χ4v) is 2.92. The van der Waals surface area contributed by atoms with Crippen molar-refractivity contribution in [1.29, 1.82) is 0 Å². The number of carbonyl (C=O) groups excluding carboxylic acids is 1. The Morgan fingerprint density at radius 3 is 2.73 bits per heavy atom. The number of halogens is 2. The molecular formula is C17H10BrClN2O5. The monoisotopic (exact) mass is 436 g/mol. The van der Waals surface area contributed by atoms with Crippen LogP contribution in [0.1, 0.15) is 11.1 Å². The molecule has 0 unspecified atom stereocenters. The first-order chi connectivity index (χ1) is 12.4. The zero-order valence-electron chi connectivity index (χ0n) is 13.2. The van der Waals surface area contributed by atoms with Crippen LogP contribution in [0.25, 0.3) is 6.08 Å². The second-order valence-corrected chi connectivity index (χ2v) is 6.47. The Morgan fingerprint density at radius 2 is 2.08 bits per heavy atom. The van der Waals surface area contributed by atoms with Crippen molar-refractivity contribution >= 4 is 51.2 Å². The summed E-state index contributed by atoms with van der Waals surface area (Å²) in [7, 11) is 1.52. The van der Waals surface area contributed by atoms with Gasteiger partial charge >= 0.3 is 5.97 Å². The molecule has 26 heavy (non-hydrogen) atoms. The molecule has 0 saturated heterocycles. The lowest BCUT2D eigenvalue weighted by molar-refractivity contribution is -0.384. The number of nitrogens with zero attached hydrogens (tertiary/aromatic N) is 2. The van der Waals surface area contributed by atoms with Crippen molar-refractivity contribution in [2.75, 3.05) is 7.11 Å². The Kier molecular flexibility index (Phi) is 5.06. The zero-order valence-corrected chi connectivity index (χ0v) is 15.6. The van der Waals surface area contributed by atoms with Gasteiger partial charge in [0.2, 0.25) is 5.90 Å². The highest BCUT2D eigenvalue weighted by molar-refractivity contribution is 9.10. The van der Waals surface area contributed by atoms with E-state index < -0.39 is 10.9 Å². The lowest BCUT2D eigenvalue weighted by atomic mass is 10.1. The Labute approximate surface area is 161 Å².